The van der Waals surface area contributed by atoms with Crippen LogP contribution in [0.3, 0.4) is 0 Å². The maximum Gasteiger partial charge on any atom is 0.203 e. The van der Waals surface area contributed by atoms with Crippen LogP contribution in [0.25, 0.3) is 5.69 Å². The summed E-state index contributed by atoms with van der Waals surface area (Å²) in [6.07, 6.45) is 1.75. The van der Waals surface area contributed by atoms with E-state index >= 15 is 0 Å². The molecule has 26 heavy (non-hydrogen) atoms. The van der Waals surface area contributed by atoms with Gasteiger partial charge in [0.05, 0.1) is 19.5 Å². The van der Waals surface area contributed by atoms with Crippen LogP contribution in [-0.2, 0) is 13.2 Å². The third kappa shape index (κ3) is 4.03. The third-order valence-electron chi connectivity index (χ3n) is 4.35. The summed E-state index contributed by atoms with van der Waals surface area (Å²) in [4.78, 5) is 2.34. The Morgan fingerprint density at radius 3 is 2.46 bits per heavy atom. The molecular formula is C20H24N4OS. The van der Waals surface area contributed by atoms with Crippen LogP contribution >= 0.6 is 12.2 Å². The van der Waals surface area contributed by atoms with Gasteiger partial charge in [0.2, 0.25) is 4.77 Å². The highest BCUT2D eigenvalue weighted by Crippen LogP contribution is 2.22. The van der Waals surface area contributed by atoms with E-state index in [9.17, 15) is 0 Å². The molecule has 136 valence electrons. The molecule has 2 aromatic carbocycles. The lowest BCUT2D eigenvalue weighted by Gasteiger charge is -2.26. The number of rotatable bonds is 7. The molecule has 0 radical (unpaired) electrons. The van der Waals surface area contributed by atoms with Crippen LogP contribution in [0.15, 0.2) is 60.9 Å². The fraction of sp³-hybridized carbons (Fsp3) is 0.300. The topological polar surface area (TPSA) is 35.2 Å². The molecule has 0 spiro atoms. The Morgan fingerprint density at radius 2 is 1.77 bits per heavy atom. The van der Waals surface area contributed by atoms with Crippen molar-refractivity contribution in [2.75, 3.05) is 7.11 Å². The number of aromatic nitrogens is 3. The standard InChI is InChI=1S/C20H24N4OS/c1-16(2)22(13-17-9-5-4-6-10-17)15-24-20(26)23(14-21-24)18-11-7-8-12-19(18)25-3/h4-12,14,16H,13,15H2,1-3H3. The fourth-order valence-corrected chi connectivity index (χ4v) is 3.06. The zero-order valence-electron chi connectivity index (χ0n) is 15.4. The highest BCUT2D eigenvalue weighted by atomic mass is 32.1. The quantitative estimate of drug-likeness (QED) is 0.583. The number of para-hydroxylation sites is 2. The second kappa shape index (κ2) is 8.29. The maximum atomic E-state index is 5.67. The van der Waals surface area contributed by atoms with Gasteiger partial charge in [0.25, 0.3) is 0 Å². The van der Waals surface area contributed by atoms with E-state index in [1.807, 2.05) is 39.6 Å². The van der Waals surface area contributed by atoms with Gasteiger partial charge in [-0.05, 0) is 43.8 Å². The van der Waals surface area contributed by atoms with E-state index in [4.69, 9.17) is 17.0 Å². The molecule has 0 bridgehead atoms. The second-order valence-corrected chi connectivity index (χ2v) is 6.79. The van der Waals surface area contributed by atoms with Crippen LogP contribution in [-0.4, -0.2) is 32.4 Å². The average Bonchev–Trinajstić information content (AvgIpc) is 3.02. The predicted molar refractivity (Wildman–Crippen MR) is 106 cm³/mol. The monoisotopic (exact) mass is 368 g/mol. The second-order valence-electron chi connectivity index (χ2n) is 6.42. The summed E-state index contributed by atoms with van der Waals surface area (Å²) in [6, 6.07) is 18.6. The van der Waals surface area contributed by atoms with Gasteiger partial charge in [-0.1, -0.05) is 42.5 Å². The normalized spacial score (nSPS) is 11.3. The SMILES string of the molecule is COc1ccccc1-n1cnn(CN(Cc2ccccc2)C(C)C)c1=S. The van der Waals surface area contributed by atoms with Crippen molar-refractivity contribution in [2.45, 2.75) is 33.1 Å². The molecule has 0 aliphatic carbocycles. The van der Waals surface area contributed by atoms with E-state index in [2.05, 4.69) is 48.1 Å². The van der Waals surface area contributed by atoms with Gasteiger partial charge in [0.15, 0.2) is 0 Å². The van der Waals surface area contributed by atoms with Crippen molar-refractivity contribution in [2.24, 2.45) is 0 Å². The minimum absolute atomic E-state index is 0.369. The van der Waals surface area contributed by atoms with Crippen LogP contribution in [0, 0.1) is 4.77 Å². The highest BCUT2D eigenvalue weighted by Gasteiger charge is 2.14. The highest BCUT2D eigenvalue weighted by molar-refractivity contribution is 7.71. The molecular weight excluding hydrogens is 344 g/mol. The first-order chi connectivity index (χ1) is 12.6. The van der Waals surface area contributed by atoms with Crippen molar-refractivity contribution in [1.82, 2.24) is 19.2 Å². The van der Waals surface area contributed by atoms with Gasteiger partial charge < -0.3 is 4.74 Å². The first kappa shape index (κ1) is 18.4. The van der Waals surface area contributed by atoms with Gasteiger partial charge in [-0.25, -0.2) is 4.68 Å². The van der Waals surface area contributed by atoms with Gasteiger partial charge in [0.1, 0.15) is 12.1 Å². The van der Waals surface area contributed by atoms with E-state index < -0.39 is 0 Å². The molecule has 1 aromatic heterocycles. The van der Waals surface area contributed by atoms with Crippen LogP contribution in [0.5, 0.6) is 5.75 Å². The van der Waals surface area contributed by atoms with Crippen molar-refractivity contribution in [3.05, 3.63) is 71.3 Å². The predicted octanol–water partition coefficient (Wildman–Crippen LogP) is 4.28. The Hall–Kier alpha value is -2.44. The summed E-state index contributed by atoms with van der Waals surface area (Å²) in [5.41, 5.74) is 2.17. The lowest BCUT2D eigenvalue weighted by Crippen LogP contribution is -2.33. The average molecular weight is 369 g/mol. The number of hydrogen-bond acceptors (Lipinski definition) is 4. The minimum atomic E-state index is 0.369. The molecule has 0 fully saturated rings. The van der Waals surface area contributed by atoms with Gasteiger partial charge >= 0.3 is 0 Å². The molecule has 6 heteroatoms. The first-order valence-electron chi connectivity index (χ1n) is 8.66. The van der Waals surface area contributed by atoms with E-state index in [1.54, 1.807) is 13.4 Å². The van der Waals surface area contributed by atoms with E-state index in [0.29, 0.717) is 17.5 Å². The van der Waals surface area contributed by atoms with Crippen molar-refractivity contribution in [3.63, 3.8) is 0 Å². The lowest BCUT2D eigenvalue weighted by molar-refractivity contribution is 0.153. The van der Waals surface area contributed by atoms with Gasteiger partial charge in [0, 0.05) is 12.6 Å². The molecule has 0 unspecified atom stereocenters. The van der Waals surface area contributed by atoms with Crippen LogP contribution in [0.2, 0.25) is 0 Å². The zero-order chi connectivity index (χ0) is 18.5. The van der Waals surface area contributed by atoms with Crippen molar-refractivity contribution in [3.8, 4) is 11.4 Å². The van der Waals surface area contributed by atoms with Crippen LogP contribution in [0.1, 0.15) is 19.4 Å². The van der Waals surface area contributed by atoms with E-state index in [1.165, 1.54) is 5.56 Å². The Bertz CT molecular complexity index is 901. The number of benzene rings is 2. The summed E-state index contributed by atoms with van der Waals surface area (Å²) in [5.74, 6) is 0.771. The van der Waals surface area contributed by atoms with Crippen molar-refractivity contribution in [1.29, 1.82) is 0 Å². The van der Waals surface area contributed by atoms with Gasteiger partial charge in [-0.15, -0.1) is 0 Å². The number of methoxy groups -OCH3 is 1. The molecule has 0 amide bonds. The van der Waals surface area contributed by atoms with Crippen molar-refractivity contribution < 1.29 is 4.74 Å². The Labute approximate surface area is 159 Å². The molecule has 0 aliphatic rings. The van der Waals surface area contributed by atoms with Crippen molar-refractivity contribution >= 4 is 12.2 Å². The molecule has 0 aliphatic heterocycles. The summed E-state index contributed by atoms with van der Waals surface area (Å²) >= 11 is 5.67. The number of hydrogen-bond donors (Lipinski definition) is 0. The maximum absolute atomic E-state index is 5.67. The molecule has 0 saturated heterocycles. The lowest BCUT2D eigenvalue weighted by atomic mass is 10.2. The molecule has 3 rings (SSSR count). The fourth-order valence-electron chi connectivity index (χ4n) is 2.81. The first-order valence-corrected chi connectivity index (χ1v) is 9.07. The van der Waals surface area contributed by atoms with E-state index in [0.717, 1.165) is 18.0 Å². The molecule has 0 atom stereocenters. The molecule has 1 heterocycles. The summed E-state index contributed by atoms with van der Waals surface area (Å²) in [5, 5.41) is 4.51. The van der Waals surface area contributed by atoms with Crippen LogP contribution in [0.4, 0.5) is 0 Å². The van der Waals surface area contributed by atoms with Gasteiger partial charge in [-0.2, -0.15) is 5.10 Å². The summed E-state index contributed by atoms with van der Waals surface area (Å²) in [7, 11) is 1.66. The zero-order valence-corrected chi connectivity index (χ0v) is 16.2. The minimum Gasteiger partial charge on any atom is -0.495 e. The molecule has 0 saturated carbocycles. The summed E-state index contributed by atoms with van der Waals surface area (Å²) in [6.45, 7) is 5.85. The largest absolute Gasteiger partial charge is 0.495 e. The Balaban J connectivity index is 1.85. The number of ether oxygens (including phenoxy) is 1. The molecule has 0 N–H and O–H groups in total. The van der Waals surface area contributed by atoms with Gasteiger partial charge in [-0.3, -0.25) is 9.47 Å². The third-order valence-corrected chi connectivity index (χ3v) is 4.76. The van der Waals surface area contributed by atoms with E-state index in [-0.39, 0.29) is 0 Å². The summed E-state index contributed by atoms with van der Waals surface area (Å²) < 4.78 is 9.83. The molecule has 5 nitrogen and oxygen atoms in total. The Morgan fingerprint density at radius 1 is 1.08 bits per heavy atom. The Kier molecular flexibility index (Phi) is 5.85. The van der Waals surface area contributed by atoms with Crippen LogP contribution < -0.4 is 4.74 Å². The number of nitrogens with zero attached hydrogens (tertiary/aromatic N) is 4. The smallest absolute Gasteiger partial charge is 0.203 e. The molecule has 3 aromatic rings.